The number of ether oxygens (including phenoxy) is 6. The van der Waals surface area contributed by atoms with Crippen LogP contribution in [0.4, 0.5) is 0 Å². The van der Waals surface area contributed by atoms with E-state index in [9.17, 15) is 28.8 Å². The fourth-order valence-corrected chi connectivity index (χ4v) is 87.9. The van der Waals surface area contributed by atoms with Gasteiger partial charge in [0.15, 0.2) is 16.6 Å². The van der Waals surface area contributed by atoms with E-state index in [-0.39, 0.29) is 50.3 Å². The molecule has 3 rings (SSSR count). The summed E-state index contributed by atoms with van der Waals surface area (Å²) in [5.74, 6) is -1.92. The first-order valence-electron chi connectivity index (χ1n) is 40.9. The first kappa shape index (κ1) is 120. The summed E-state index contributed by atoms with van der Waals surface area (Å²) in [6.45, 7) is 110. The third-order valence-electron chi connectivity index (χ3n) is 17.6. The van der Waals surface area contributed by atoms with Gasteiger partial charge in [-0.3, -0.25) is 0 Å². The maximum absolute atomic E-state index is 11.3. The fourth-order valence-electron chi connectivity index (χ4n) is 13.7. The van der Waals surface area contributed by atoms with Crippen LogP contribution in [-0.2, 0) is 82.5 Å². The highest BCUT2D eigenvalue weighted by molar-refractivity contribution is 6.99. The molecule has 18 nitrogen and oxygen atoms in total. The van der Waals surface area contributed by atoms with Crippen molar-refractivity contribution in [2.75, 3.05) is 39.6 Å². The fraction of sp³-hybridized carbons (Fsp3) is 0.722. The Bertz CT molecular complexity index is 2810. The van der Waals surface area contributed by atoms with Crippen molar-refractivity contribution in [3.05, 3.63) is 101 Å². The summed E-state index contributed by atoms with van der Waals surface area (Å²) in [6.07, 6.45) is 12.5. The molecule has 0 spiro atoms. The summed E-state index contributed by atoms with van der Waals surface area (Å²) < 4.78 is 67.0. The largest absolute Gasteiger partial charge is 0.463 e. The standard InChI is InChI=1S/C13H30O3Si4.2C12H26O2Si2.C11H20O2Si.C9H24O4Si4.C8H16O3Si.C8H16O2Si.C6H14Si/c1-6-13(14)15-7-8-16-20(5)11-18(3)9-17(2)10-19(4)12-20;1-8-12(13)14-11(9-15(2,3)4)10-16(5,6)7;1-8-11(13)14-10-9-12(15(2,3)4)16(5,6)7;1-5-10(12)13-11(2)6-8-14(3,4)9-7-11;1-9-17(8)12-15(4,5)10-14(2,3)11-16(6,7)13-17;1-5-8(9)10-6-7-11-12(2,3)4;1-5-8(9)10-6-7-11(2,3)4;1-5-6-7(2,3)4/h6,17-19H,1,7-12H2,2-5H3;8,11H,1,9-10H2,2-7H3;8,12H,1,9-10H2,2-7H3;5H,1,6-9H2,2-4H3;9H,1H2,2-8H3;5H,1,6-7H2,2-4H3;5H,1,6-7H2,2-4H3;5H,1,6H2,2-4H3. The highest BCUT2D eigenvalue weighted by Crippen LogP contribution is 2.38. The molecule has 0 amide bonds. The molecule has 0 aromatic heterocycles. The van der Waals surface area contributed by atoms with Gasteiger partial charge >= 0.3 is 70.1 Å². The molecule has 0 radical (unpaired) electrons. The topological polar surface area (TPSA) is 213 Å². The molecule has 0 aromatic rings. The van der Waals surface area contributed by atoms with E-state index in [1.165, 1.54) is 59.8 Å². The molecule has 0 aliphatic carbocycles. The smallest absolute Gasteiger partial charge is 0.343 e. The minimum Gasteiger partial charge on any atom is -0.463 e. The van der Waals surface area contributed by atoms with Gasteiger partial charge in [-0.05, 0) is 139 Å². The van der Waals surface area contributed by atoms with Gasteiger partial charge in [0.1, 0.15) is 18.8 Å². The number of esters is 6. The van der Waals surface area contributed by atoms with E-state index in [4.69, 9.17) is 53.7 Å². The van der Waals surface area contributed by atoms with Crippen LogP contribution in [0.2, 0.25) is 287 Å². The molecular weight excluding hydrogens is 1690 g/mol. The number of carbonyl (C=O) groups excluding carboxylic acids is 6. The third kappa shape index (κ3) is 72.5. The monoisotopic (exact) mass is 1860 g/mol. The lowest BCUT2D eigenvalue weighted by molar-refractivity contribution is -0.153. The molecule has 3 heterocycles. The molecule has 0 aromatic carbocycles. The van der Waals surface area contributed by atoms with Crippen molar-refractivity contribution in [1.82, 2.24) is 0 Å². The Morgan fingerprint density at radius 2 is 0.796 bits per heavy atom. The number of rotatable bonds is 31. The normalized spacial score (nSPS) is 20.2. The zero-order valence-electron chi connectivity index (χ0n) is 78.9. The highest BCUT2D eigenvalue weighted by atomic mass is 28.5. The predicted octanol–water partition coefficient (Wildman–Crippen LogP) is 21.6. The Labute approximate surface area is 711 Å². The van der Waals surface area contributed by atoms with E-state index in [1.807, 2.05) is 51.4 Å². The summed E-state index contributed by atoms with van der Waals surface area (Å²) in [6, 6.07) is 6.88. The highest BCUT2D eigenvalue weighted by Gasteiger charge is 2.51. The molecule has 2 atom stereocenters. The zero-order chi connectivity index (χ0) is 89.9. The Kier molecular flexibility index (Phi) is 58.3. The Balaban J connectivity index is -0.000000398. The van der Waals surface area contributed by atoms with Crippen LogP contribution in [0.1, 0.15) is 26.2 Å². The number of carbonyl (C=O) groups is 6. The minimum absolute atomic E-state index is 0.101. The summed E-state index contributed by atoms with van der Waals surface area (Å²) >= 11 is 0. The first-order chi connectivity index (χ1) is 50.7. The van der Waals surface area contributed by atoms with Gasteiger partial charge < -0.3 is 53.7 Å². The van der Waals surface area contributed by atoms with Crippen molar-refractivity contribution in [3.8, 4) is 0 Å². The van der Waals surface area contributed by atoms with Crippen LogP contribution in [-0.4, -0.2) is 221 Å². The van der Waals surface area contributed by atoms with Crippen LogP contribution in [0.3, 0.4) is 0 Å². The van der Waals surface area contributed by atoms with Crippen LogP contribution in [0.15, 0.2) is 101 Å². The van der Waals surface area contributed by atoms with Crippen molar-refractivity contribution in [2.45, 2.75) is 325 Å². The van der Waals surface area contributed by atoms with Gasteiger partial charge in [0.2, 0.25) is 0 Å². The van der Waals surface area contributed by atoms with Crippen LogP contribution >= 0.6 is 0 Å². The van der Waals surface area contributed by atoms with Gasteiger partial charge in [-0.25, -0.2) is 28.8 Å². The zero-order valence-corrected chi connectivity index (χ0v) is 95.4. The van der Waals surface area contributed by atoms with E-state index >= 15 is 0 Å². The lowest BCUT2D eigenvalue weighted by Gasteiger charge is -2.46. The van der Waals surface area contributed by atoms with Crippen molar-refractivity contribution in [3.63, 3.8) is 0 Å². The van der Waals surface area contributed by atoms with Gasteiger partial charge in [0.05, 0.1) is 32.5 Å². The SMILES string of the molecule is C=CC(=O)OC(C[Si](C)(C)C)C[Si](C)(C)C.C=CC(=O)OC1(C)CC[Si](C)(C)CC1.C=CC(=O)OCCC([Si](C)(C)C)[Si](C)(C)C.C=CC(=O)OCCO[Si](C)(C)C.C=CC(=O)OCCO[Si]1(C)C[SiH](C)C[SiH](C)C[SiH](C)C1.C=CC(=O)OCC[Si](C)(C)C.C=CC[Si](C)(C)C.C=C[Si]1(C)O[Si](C)(C)O[Si](C)(C)O[Si](C)(C)O1. The molecule has 3 aliphatic rings. The molecule has 34 heteroatoms. The minimum atomic E-state index is -2.37. The van der Waals surface area contributed by atoms with E-state index in [0.29, 0.717) is 39.6 Å². The first-order valence-corrected chi connectivity index (χ1v) is 91.7. The summed E-state index contributed by atoms with van der Waals surface area (Å²) in [4.78, 5) is 65.5. The van der Waals surface area contributed by atoms with E-state index in [1.54, 1.807) is 11.3 Å². The van der Waals surface area contributed by atoms with E-state index < -0.39 is 131 Å². The van der Waals surface area contributed by atoms with Crippen molar-refractivity contribution < 1.29 is 82.5 Å². The number of allylic oxidation sites excluding steroid dienone is 1. The van der Waals surface area contributed by atoms with Crippen LogP contribution in [0.25, 0.3) is 0 Å². The Hall–Kier alpha value is -2.03. The lowest BCUT2D eigenvalue weighted by atomic mass is 9.99. The summed E-state index contributed by atoms with van der Waals surface area (Å²) in [7, 11) is -20.9. The average Bonchev–Trinajstić information content (AvgIpc) is 0.782. The van der Waals surface area contributed by atoms with Crippen molar-refractivity contribution in [1.29, 1.82) is 0 Å². The van der Waals surface area contributed by atoms with E-state index in [2.05, 4.69) is 242 Å². The third-order valence-corrected chi connectivity index (χ3v) is 80.5. The molecular formula is C79H172O18Si16. The second-order valence-corrected chi connectivity index (χ2v) is 116. The van der Waals surface area contributed by atoms with Crippen LogP contribution < -0.4 is 0 Å². The second-order valence-electron chi connectivity index (χ2n) is 41.2. The molecule has 0 N–H and O–H groups in total. The average molecular weight is 1860 g/mol. The van der Waals surface area contributed by atoms with Crippen LogP contribution in [0, 0.1) is 0 Å². The molecule has 3 saturated heterocycles. The summed E-state index contributed by atoms with van der Waals surface area (Å²) in [5, 5.41) is 0.789. The lowest BCUT2D eigenvalue weighted by Crippen LogP contribution is -2.64. The molecule has 660 valence electrons. The summed E-state index contributed by atoms with van der Waals surface area (Å²) in [5.41, 5.74) is 7.69. The van der Waals surface area contributed by atoms with Gasteiger partial charge in [0.25, 0.3) is 0 Å². The van der Waals surface area contributed by atoms with Gasteiger partial charge in [-0.2, -0.15) is 0 Å². The van der Waals surface area contributed by atoms with Crippen molar-refractivity contribution in [2.24, 2.45) is 0 Å². The predicted molar refractivity (Wildman–Crippen MR) is 527 cm³/mol. The Morgan fingerprint density at radius 1 is 0.442 bits per heavy atom. The molecule has 113 heavy (non-hydrogen) atoms. The quantitative estimate of drug-likeness (QED) is 0.0158. The van der Waals surface area contributed by atoms with Gasteiger partial charge in [-0.15, -0.1) is 13.2 Å². The van der Waals surface area contributed by atoms with E-state index in [0.717, 1.165) is 48.6 Å². The molecule has 0 saturated carbocycles. The van der Waals surface area contributed by atoms with Gasteiger partial charge in [0, 0.05) is 119 Å². The number of hydrogen-bond donors (Lipinski definition) is 0. The maximum atomic E-state index is 11.3. The Morgan fingerprint density at radius 3 is 1.11 bits per heavy atom. The molecule has 3 aliphatic heterocycles. The second kappa shape index (κ2) is 55.1. The molecule has 0 bridgehead atoms. The molecule has 3 fully saturated rings. The van der Waals surface area contributed by atoms with Gasteiger partial charge in [-0.1, -0.05) is 225 Å². The van der Waals surface area contributed by atoms with Crippen LogP contribution in [0.5, 0.6) is 0 Å². The van der Waals surface area contributed by atoms with Crippen molar-refractivity contribution >= 4 is 170 Å². The number of hydrogen-bond acceptors (Lipinski definition) is 18. The molecule has 2 unspecified atom stereocenters. The maximum Gasteiger partial charge on any atom is 0.343 e.